The zero-order chi connectivity index (χ0) is 12.5. The molecular weight excluding hydrogens is 248 g/mol. The summed E-state index contributed by atoms with van der Waals surface area (Å²) in [6.45, 7) is 1.82. The molecule has 0 spiro atoms. The van der Waals surface area contributed by atoms with Crippen LogP contribution in [0.15, 0.2) is 24.3 Å². The van der Waals surface area contributed by atoms with Gasteiger partial charge in [-0.25, -0.2) is 4.21 Å². The second-order valence-electron chi connectivity index (χ2n) is 4.82. The smallest absolute Gasteiger partial charge is 0.182 e. The van der Waals surface area contributed by atoms with Crippen molar-refractivity contribution >= 4 is 22.5 Å². The van der Waals surface area contributed by atoms with Gasteiger partial charge in [-0.15, -0.1) is 0 Å². The van der Waals surface area contributed by atoms with Gasteiger partial charge in [0.15, 0.2) is 5.78 Å². The SMILES string of the molecule is O=C1c2ccccc2NS(=O)C1C1CCNCC1. The molecule has 4 nitrogen and oxygen atoms in total. The lowest BCUT2D eigenvalue weighted by atomic mass is 9.89. The highest BCUT2D eigenvalue weighted by Crippen LogP contribution is 2.31. The number of benzene rings is 1. The molecule has 2 heterocycles. The summed E-state index contributed by atoms with van der Waals surface area (Å²) in [5.74, 6) is 0.259. The van der Waals surface area contributed by atoms with Crippen LogP contribution in [0.25, 0.3) is 0 Å². The fraction of sp³-hybridized carbons (Fsp3) is 0.462. The second-order valence-corrected chi connectivity index (χ2v) is 6.12. The molecule has 2 N–H and O–H groups in total. The number of rotatable bonds is 1. The molecule has 0 saturated carbocycles. The van der Waals surface area contributed by atoms with Gasteiger partial charge in [-0.2, -0.15) is 0 Å². The summed E-state index contributed by atoms with van der Waals surface area (Å²) in [6.07, 6.45) is 1.85. The largest absolute Gasteiger partial charge is 0.317 e. The van der Waals surface area contributed by atoms with Crippen LogP contribution in [0.4, 0.5) is 5.69 Å². The number of para-hydroxylation sites is 1. The highest BCUT2D eigenvalue weighted by molar-refractivity contribution is 7.88. The monoisotopic (exact) mass is 264 g/mol. The molecule has 2 unspecified atom stereocenters. The molecule has 2 atom stereocenters. The number of carbonyl (C=O) groups excluding carboxylic acids is 1. The molecule has 1 saturated heterocycles. The van der Waals surface area contributed by atoms with E-state index >= 15 is 0 Å². The van der Waals surface area contributed by atoms with Gasteiger partial charge in [0.25, 0.3) is 0 Å². The zero-order valence-electron chi connectivity index (χ0n) is 10.0. The van der Waals surface area contributed by atoms with Gasteiger partial charge >= 0.3 is 0 Å². The van der Waals surface area contributed by atoms with Crippen LogP contribution in [-0.4, -0.2) is 28.3 Å². The summed E-state index contributed by atoms with van der Waals surface area (Å²) in [5.41, 5.74) is 1.38. The first-order valence-corrected chi connectivity index (χ1v) is 7.50. The van der Waals surface area contributed by atoms with Crippen LogP contribution in [0.5, 0.6) is 0 Å². The molecule has 0 bridgehead atoms. The number of anilines is 1. The number of hydrogen-bond acceptors (Lipinski definition) is 3. The van der Waals surface area contributed by atoms with E-state index in [2.05, 4.69) is 10.0 Å². The predicted octanol–water partition coefficient (Wildman–Crippen LogP) is 1.33. The quantitative estimate of drug-likeness (QED) is 0.804. The lowest BCUT2D eigenvalue weighted by molar-refractivity contribution is 0.0959. The molecule has 1 aromatic carbocycles. The molecule has 1 fully saturated rings. The number of carbonyl (C=O) groups is 1. The Hall–Kier alpha value is -1.20. The average Bonchev–Trinajstić information content (AvgIpc) is 2.40. The minimum absolute atomic E-state index is 0.0367. The number of hydrogen-bond donors (Lipinski definition) is 2. The molecule has 96 valence electrons. The van der Waals surface area contributed by atoms with E-state index in [4.69, 9.17) is 0 Å². The summed E-state index contributed by atoms with van der Waals surface area (Å²) in [6, 6.07) is 7.33. The summed E-state index contributed by atoms with van der Waals surface area (Å²) in [7, 11) is -1.29. The lowest BCUT2D eigenvalue weighted by Gasteiger charge is -2.32. The van der Waals surface area contributed by atoms with Crippen LogP contribution in [-0.2, 0) is 11.0 Å². The maximum absolute atomic E-state index is 12.5. The highest BCUT2D eigenvalue weighted by Gasteiger charge is 2.39. The van der Waals surface area contributed by atoms with Crippen molar-refractivity contribution in [2.24, 2.45) is 5.92 Å². The van der Waals surface area contributed by atoms with E-state index < -0.39 is 11.0 Å². The van der Waals surface area contributed by atoms with Crippen molar-refractivity contribution in [3.8, 4) is 0 Å². The van der Waals surface area contributed by atoms with Gasteiger partial charge in [-0.05, 0) is 44.0 Å². The number of Topliss-reactive ketones (excluding diaryl/α,β-unsaturated/α-hetero) is 1. The Labute approximate surface area is 109 Å². The van der Waals surface area contributed by atoms with Gasteiger partial charge in [-0.1, -0.05) is 12.1 Å². The molecule has 0 aromatic heterocycles. The van der Waals surface area contributed by atoms with Crippen LogP contribution in [0.1, 0.15) is 23.2 Å². The van der Waals surface area contributed by atoms with Crippen molar-refractivity contribution in [3.63, 3.8) is 0 Å². The number of piperidine rings is 1. The van der Waals surface area contributed by atoms with E-state index in [1.54, 1.807) is 0 Å². The summed E-state index contributed by atoms with van der Waals surface area (Å²) in [5, 5.41) is 2.88. The zero-order valence-corrected chi connectivity index (χ0v) is 10.8. The molecule has 18 heavy (non-hydrogen) atoms. The predicted molar refractivity (Wildman–Crippen MR) is 71.9 cm³/mol. The third-order valence-corrected chi connectivity index (χ3v) is 5.19. The first-order chi connectivity index (χ1) is 8.77. The van der Waals surface area contributed by atoms with E-state index in [9.17, 15) is 9.00 Å². The van der Waals surface area contributed by atoms with E-state index in [0.717, 1.165) is 25.9 Å². The molecule has 3 rings (SSSR count). The lowest BCUT2D eigenvalue weighted by Crippen LogP contribution is -2.44. The third kappa shape index (κ3) is 1.97. The van der Waals surface area contributed by atoms with Crippen molar-refractivity contribution in [1.82, 2.24) is 5.32 Å². The maximum atomic E-state index is 12.5. The van der Waals surface area contributed by atoms with Gasteiger partial charge in [-0.3, -0.25) is 4.79 Å². The fourth-order valence-electron chi connectivity index (χ4n) is 2.75. The standard InChI is InChI=1S/C13H16N2O2S/c16-12-10-3-1-2-4-11(10)15-18(17)13(12)9-5-7-14-8-6-9/h1-4,9,13-15H,5-8H2. The van der Waals surface area contributed by atoms with E-state index in [0.29, 0.717) is 11.3 Å². The molecular formula is C13H16N2O2S. The maximum Gasteiger partial charge on any atom is 0.182 e. The van der Waals surface area contributed by atoms with Crippen LogP contribution < -0.4 is 10.0 Å². The number of fused-ring (bicyclic) bond motifs is 1. The fourth-order valence-corrected chi connectivity index (χ4v) is 4.21. The summed E-state index contributed by atoms with van der Waals surface area (Å²) >= 11 is 0. The Kier molecular flexibility index (Phi) is 3.18. The Balaban J connectivity index is 1.92. The number of ketones is 1. The van der Waals surface area contributed by atoms with Gasteiger partial charge in [0.05, 0.1) is 5.69 Å². The van der Waals surface area contributed by atoms with Crippen molar-refractivity contribution in [1.29, 1.82) is 0 Å². The topological polar surface area (TPSA) is 58.2 Å². The van der Waals surface area contributed by atoms with Crippen LogP contribution >= 0.6 is 0 Å². The molecule has 5 heteroatoms. The normalized spacial score (nSPS) is 28.6. The Morgan fingerprint density at radius 1 is 1.17 bits per heavy atom. The van der Waals surface area contributed by atoms with Crippen molar-refractivity contribution in [2.45, 2.75) is 18.1 Å². The van der Waals surface area contributed by atoms with Crippen LogP contribution in [0.3, 0.4) is 0 Å². The Bertz CT molecular complexity index is 498. The highest BCUT2D eigenvalue weighted by atomic mass is 32.2. The van der Waals surface area contributed by atoms with Gasteiger partial charge in [0.1, 0.15) is 16.2 Å². The molecule has 2 aliphatic heterocycles. The van der Waals surface area contributed by atoms with E-state index in [1.165, 1.54) is 0 Å². The first kappa shape index (κ1) is 11.9. The van der Waals surface area contributed by atoms with Crippen LogP contribution in [0.2, 0.25) is 0 Å². The number of nitrogens with one attached hydrogen (secondary N) is 2. The van der Waals surface area contributed by atoms with E-state index in [-0.39, 0.29) is 17.0 Å². The van der Waals surface area contributed by atoms with E-state index in [1.807, 2.05) is 24.3 Å². The van der Waals surface area contributed by atoms with Crippen molar-refractivity contribution in [3.05, 3.63) is 29.8 Å². The molecule has 2 aliphatic rings. The molecule has 0 amide bonds. The summed E-state index contributed by atoms with van der Waals surface area (Å²) in [4.78, 5) is 12.5. The van der Waals surface area contributed by atoms with Gasteiger partial charge in [0.2, 0.25) is 0 Å². The van der Waals surface area contributed by atoms with Crippen molar-refractivity contribution < 1.29 is 9.00 Å². The molecule has 0 radical (unpaired) electrons. The minimum atomic E-state index is -1.29. The van der Waals surface area contributed by atoms with Crippen LogP contribution in [0, 0.1) is 5.92 Å². The molecule has 0 aliphatic carbocycles. The third-order valence-electron chi connectivity index (χ3n) is 3.70. The minimum Gasteiger partial charge on any atom is -0.317 e. The molecule has 1 aromatic rings. The van der Waals surface area contributed by atoms with Gasteiger partial charge in [0, 0.05) is 5.56 Å². The summed E-state index contributed by atoms with van der Waals surface area (Å²) < 4.78 is 15.2. The average molecular weight is 264 g/mol. The Morgan fingerprint density at radius 2 is 1.89 bits per heavy atom. The second kappa shape index (κ2) is 4.82. The van der Waals surface area contributed by atoms with Gasteiger partial charge < -0.3 is 10.0 Å². The first-order valence-electron chi connectivity index (χ1n) is 6.28. The van der Waals surface area contributed by atoms with Crippen molar-refractivity contribution in [2.75, 3.05) is 17.8 Å². The Morgan fingerprint density at radius 3 is 2.67 bits per heavy atom.